The predicted octanol–water partition coefficient (Wildman–Crippen LogP) is 5.42. The van der Waals surface area contributed by atoms with Crippen molar-refractivity contribution < 1.29 is 60.1 Å². The number of anilines is 1. The van der Waals surface area contributed by atoms with Crippen LogP contribution in [0.3, 0.4) is 0 Å². The molecule has 0 radical (unpaired) electrons. The molecule has 0 saturated carbocycles. The van der Waals surface area contributed by atoms with Crippen molar-refractivity contribution in [3.05, 3.63) is 124 Å². The summed E-state index contributed by atoms with van der Waals surface area (Å²) in [5.41, 5.74) is 4.91. The Bertz CT molecular complexity index is 2430. The maximum atomic E-state index is 15.5. The minimum absolute atomic E-state index is 0.164. The molecule has 1 aliphatic heterocycles. The number of nitrogens with one attached hydrogen (secondary N) is 2. The summed E-state index contributed by atoms with van der Waals surface area (Å²) < 4.78 is 94.7. The summed E-state index contributed by atoms with van der Waals surface area (Å²) in [6, 6.07) is 27.1. The van der Waals surface area contributed by atoms with Gasteiger partial charge in [-0.05, 0) is 69.5 Å². The smallest absolute Gasteiger partial charge is 0.471 e. The molecule has 22 heteroatoms. The number of nitrogens with zero attached hydrogens (tertiary/aromatic N) is 4. The Hall–Kier alpha value is -5.98. The van der Waals surface area contributed by atoms with Crippen molar-refractivity contribution in [2.24, 2.45) is 0 Å². The number of ether oxygens (including phenoxy) is 4. The Morgan fingerprint density at radius 2 is 1.49 bits per heavy atom. The Labute approximate surface area is 391 Å². The minimum atomic E-state index is -5.15. The van der Waals surface area contributed by atoms with Crippen molar-refractivity contribution >= 4 is 31.2 Å². The Balaban J connectivity index is 1.73. The lowest BCUT2D eigenvalue weighted by atomic mass is 9.79. The summed E-state index contributed by atoms with van der Waals surface area (Å²) in [6.45, 7) is 5.86. The van der Waals surface area contributed by atoms with E-state index >= 15 is 4.57 Å². The molecular weight excluding hydrogens is 915 g/mol. The van der Waals surface area contributed by atoms with Gasteiger partial charge in [0, 0.05) is 31.4 Å². The first-order chi connectivity index (χ1) is 32.3. The van der Waals surface area contributed by atoms with E-state index in [2.05, 4.69) is 10.3 Å². The van der Waals surface area contributed by atoms with E-state index in [9.17, 15) is 37.6 Å². The van der Waals surface area contributed by atoms with E-state index in [4.69, 9.17) is 33.7 Å². The van der Waals surface area contributed by atoms with Crippen molar-refractivity contribution in [1.29, 1.82) is 5.26 Å². The summed E-state index contributed by atoms with van der Waals surface area (Å²) in [4.78, 5) is 56.7. The number of alkyl halides is 3. The number of benzene rings is 3. The molecule has 366 valence electrons. The van der Waals surface area contributed by atoms with Crippen molar-refractivity contribution in [2.45, 2.75) is 95.5 Å². The summed E-state index contributed by atoms with van der Waals surface area (Å²) in [5.74, 6) is -3.40. The number of hydrogen-bond donors (Lipinski definition) is 3. The molecule has 1 aromatic heterocycles. The third-order valence-corrected chi connectivity index (χ3v) is 13.2. The van der Waals surface area contributed by atoms with E-state index in [-0.39, 0.29) is 18.8 Å². The van der Waals surface area contributed by atoms with Crippen LogP contribution in [0.4, 0.5) is 19.0 Å². The van der Waals surface area contributed by atoms with Gasteiger partial charge < -0.3 is 35.3 Å². The van der Waals surface area contributed by atoms with Crippen molar-refractivity contribution in [1.82, 2.24) is 24.9 Å². The third kappa shape index (κ3) is 12.6. The average molecular weight is 970 g/mol. The normalized spacial score (nSPS) is 18.8. The summed E-state index contributed by atoms with van der Waals surface area (Å²) >= 11 is 0. The first-order valence-corrected chi connectivity index (χ1v) is 23.0. The van der Waals surface area contributed by atoms with Gasteiger partial charge in [-0.3, -0.25) is 28.0 Å². The van der Waals surface area contributed by atoms with Crippen LogP contribution in [0.1, 0.15) is 64.0 Å². The standard InChI is InChI=1S/C46H55F3N7O11P/c1-29(2)56(30(3)4)68(61,64-27-13-23-50)67-40-39(65-42(55-26-22-36(51)54-44(55)60)41(40)63-28-37(58)52-24-25-53-43(59)46(47,48)49)38(31(5)57)66-45(32-14-9-7-10-15-32,33-16-11-8-12-17-33)34-18-20-35(62-6)21-19-34/h7-12,14-22,26,29-30,38-42H,13,24-25,27-28H2,1-6H3,(H,52,58)(H,53,59)(H2,51,54,60)/t38?,39-,40-,41-,42-,68?/m1/s1. The van der Waals surface area contributed by atoms with Gasteiger partial charge in [0.1, 0.15) is 48.2 Å². The number of hydrogen-bond acceptors (Lipinski definition) is 14. The molecule has 2 unspecified atom stereocenters. The van der Waals surface area contributed by atoms with Crippen LogP contribution in [0, 0.1) is 11.3 Å². The molecule has 68 heavy (non-hydrogen) atoms. The van der Waals surface area contributed by atoms with E-state index in [0.29, 0.717) is 22.4 Å². The van der Waals surface area contributed by atoms with Crippen LogP contribution in [0.2, 0.25) is 0 Å². The molecule has 2 amide bonds. The first kappa shape index (κ1) is 53.0. The molecule has 1 saturated heterocycles. The molecule has 3 aromatic carbocycles. The zero-order valence-electron chi connectivity index (χ0n) is 38.3. The fourth-order valence-corrected chi connectivity index (χ4v) is 10.2. The second-order valence-corrected chi connectivity index (χ2v) is 17.9. The molecule has 6 atom stereocenters. The average Bonchev–Trinajstić information content (AvgIpc) is 3.63. The van der Waals surface area contributed by atoms with Crippen LogP contribution in [0.25, 0.3) is 0 Å². The molecule has 4 aromatic rings. The second kappa shape index (κ2) is 23.4. The number of halogens is 3. The Kier molecular flexibility index (Phi) is 18.2. The zero-order valence-corrected chi connectivity index (χ0v) is 39.1. The molecule has 2 heterocycles. The lowest BCUT2D eigenvalue weighted by molar-refractivity contribution is -0.173. The van der Waals surface area contributed by atoms with Crippen molar-refractivity contribution in [3.8, 4) is 11.8 Å². The number of aromatic nitrogens is 2. The number of nitrogen functional groups attached to an aromatic ring is 1. The summed E-state index contributed by atoms with van der Waals surface area (Å²) in [6.07, 6.45) is -12.6. The lowest BCUT2D eigenvalue weighted by Crippen LogP contribution is -2.51. The quantitative estimate of drug-likeness (QED) is 0.0478. The fourth-order valence-electron chi connectivity index (χ4n) is 7.87. The van der Waals surface area contributed by atoms with E-state index in [1.165, 1.54) is 31.0 Å². The number of amides is 2. The molecule has 1 fully saturated rings. The van der Waals surface area contributed by atoms with Crippen LogP contribution >= 0.6 is 7.75 Å². The molecule has 5 rings (SSSR count). The minimum Gasteiger partial charge on any atom is -0.497 e. The molecule has 1 aliphatic rings. The van der Waals surface area contributed by atoms with Gasteiger partial charge in [-0.1, -0.05) is 72.8 Å². The first-order valence-electron chi connectivity index (χ1n) is 21.5. The highest BCUT2D eigenvalue weighted by molar-refractivity contribution is 7.51. The van der Waals surface area contributed by atoms with E-state index in [0.717, 1.165) is 4.57 Å². The number of nitriles is 1. The fraction of sp³-hybridized carbons (Fsp3) is 0.435. The van der Waals surface area contributed by atoms with Gasteiger partial charge in [-0.25, -0.2) is 14.0 Å². The van der Waals surface area contributed by atoms with E-state index in [1.54, 1.807) is 118 Å². The molecule has 0 bridgehead atoms. The van der Waals surface area contributed by atoms with Crippen molar-refractivity contribution in [2.75, 3.05) is 39.1 Å². The van der Waals surface area contributed by atoms with Crippen LogP contribution in [0.15, 0.2) is 102 Å². The van der Waals surface area contributed by atoms with E-state index in [1.807, 2.05) is 6.07 Å². The predicted molar refractivity (Wildman–Crippen MR) is 241 cm³/mol. The number of rotatable bonds is 23. The van der Waals surface area contributed by atoms with Gasteiger partial charge in [-0.2, -0.15) is 23.4 Å². The summed E-state index contributed by atoms with van der Waals surface area (Å²) in [7, 11) is -3.13. The van der Waals surface area contributed by atoms with Crippen LogP contribution < -0.4 is 26.8 Å². The van der Waals surface area contributed by atoms with Gasteiger partial charge in [-0.15, -0.1) is 0 Å². The van der Waals surface area contributed by atoms with Crippen molar-refractivity contribution in [3.63, 3.8) is 0 Å². The van der Waals surface area contributed by atoms with Gasteiger partial charge >= 0.3 is 25.5 Å². The zero-order chi connectivity index (χ0) is 49.8. The number of ketones is 1. The second-order valence-electron chi connectivity index (χ2n) is 16.1. The number of carbonyl (C=O) groups excluding carboxylic acids is 3. The molecule has 4 N–H and O–H groups in total. The van der Waals surface area contributed by atoms with E-state index < -0.39 is 105 Å². The summed E-state index contributed by atoms with van der Waals surface area (Å²) in [5, 5.41) is 13.5. The Morgan fingerprint density at radius 3 is 2.00 bits per heavy atom. The van der Waals surface area contributed by atoms with Gasteiger partial charge in [0.25, 0.3) is 0 Å². The maximum absolute atomic E-state index is 15.5. The van der Waals surface area contributed by atoms with Gasteiger partial charge in [0.05, 0.1) is 26.2 Å². The topological polar surface area (TPSA) is 236 Å². The van der Waals surface area contributed by atoms with Crippen LogP contribution in [-0.2, 0) is 47.8 Å². The highest BCUT2D eigenvalue weighted by Gasteiger charge is 2.58. The third-order valence-electron chi connectivity index (χ3n) is 10.7. The number of methoxy groups -OCH3 is 1. The molecule has 18 nitrogen and oxygen atoms in total. The van der Waals surface area contributed by atoms with Crippen LogP contribution in [0.5, 0.6) is 5.75 Å². The highest BCUT2D eigenvalue weighted by atomic mass is 31.2. The lowest BCUT2D eigenvalue weighted by Gasteiger charge is -2.41. The Morgan fingerprint density at radius 1 is 0.912 bits per heavy atom. The van der Waals surface area contributed by atoms with Crippen LogP contribution in [-0.4, -0.2) is 108 Å². The monoisotopic (exact) mass is 969 g/mol. The van der Waals surface area contributed by atoms with Gasteiger partial charge in [0.15, 0.2) is 12.0 Å². The molecular formula is C46H55F3N7O11P. The SMILES string of the molecule is COc1ccc(C(OC(C(C)=O)[C@H]2O[C@@H](n3ccc(N)nc3=O)[C@H](OCC(=O)NCCNC(=O)C(F)(F)F)[C@@H]2OP(=O)(OCCC#N)N(C(C)C)C(C)C)(c2ccccc2)c2ccccc2)cc1. The number of carbonyl (C=O) groups is 3. The largest absolute Gasteiger partial charge is 0.497 e. The number of nitrogens with two attached hydrogens (primary N) is 1. The number of Topliss-reactive ketones (excluding diaryl/α,β-unsaturated/α-hetero) is 1. The van der Waals surface area contributed by atoms with Gasteiger partial charge in [0.2, 0.25) is 5.91 Å². The molecule has 0 aliphatic carbocycles. The highest BCUT2D eigenvalue weighted by Crippen LogP contribution is 2.58. The maximum Gasteiger partial charge on any atom is 0.471 e. The molecule has 0 spiro atoms.